The molecule has 0 N–H and O–H groups in total. The van der Waals surface area contributed by atoms with Crippen molar-refractivity contribution in [1.82, 2.24) is 4.90 Å². The smallest absolute Gasteiger partial charge is 0.419 e. The van der Waals surface area contributed by atoms with Crippen LogP contribution in [-0.4, -0.2) is 30.6 Å². The summed E-state index contributed by atoms with van der Waals surface area (Å²) in [7, 11) is 0. The van der Waals surface area contributed by atoms with Gasteiger partial charge in [-0.15, -0.1) is 0 Å². The molecule has 0 amide bonds. The standard InChI is InChI=1S/C16H22F3NO/c1-2-3-10-20-11-8-13(9-12-20)21-15-7-5-4-6-14(15)16(17,18)19/h4-7,13H,2-3,8-12H2,1H3. The van der Waals surface area contributed by atoms with Gasteiger partial charge in [-0.2, -0.15) is 13.2 Å². The fourth-order valence-corrected chi connectivity index (χ4v) is 2.62. The van der Waals surface area contributed by atoms with Gasteiger partial charge in [0.05, 0.1) is 5.56 Å². The Bertz CT molecular complexity index is 439. The van der Waals surface area contributed by atoms with Gasteiger partial charge in [0.15, 0.2) is 0 Å². The molecule has 0 atom stereocenters. The third-order valence-electron chi connectivity index (χ3n) is 3.85. The van der Waals surface area contributed by atoms with Crippen LogP contribution in [0.4, 0.5) is 13.2 Å². The highest BCUT2D eigenvalue weighted by atomic mass is 19.4. The highest BCUT2D eigenvalue weighted by Gasteiger charge is 2.34. The Morgan fingerprint density at radius 1 is 1.19 bits per heavy atom. The summed E-state index contributed by atoms with van der Waals surface area (Å²) in [5, 5.41) is 0. The molecule has 1 fully saturated rings. The maximum absolute atomic E-state index is 12.9. The van der Waals surface area contributed by atoms with Crippen LogP contribution in [0, 0.1) is 0 Å². The van der Waals surface area contributed by atoms with Crippen LogP contribution in [0.15, 0.2) is 24.3 Å². The molecule has 21 heavy (non-hydrogen) atoms. The lowest BCUT2D eigenvalue weighted by atomic mass is 10.1. The molecule has 5 heteroatoms. The molecule has 0 bridgehead atoms. The SMILES string of the molecule is CCCCN1CCC(Oc2ccccc2C(F)(F)F)CC1. The first-order valence-electron chi connectivity index (χ1n) is 7.56. The van der Waals surface area contributed by atoms with Crippen LogP contribution in [-0.2, 0) is 6.18 Å². The second-order valence-electron chi connectivity index (χ2n) is 5.51. The number of rotatable bonds is 5. The molecule has 0 radical (unpaired) electrons. The normalized spacial score (nSPS) is 17.9. The summed E-state index contributed by atoms with van der Waals surface area (Å²) in [4.78, 5) is 2.36. The highest BCUT2D eigenvalue weighted by molar-refractivity contribution is 5.35. The first-order chi connectivity index (χ1) is 10.0. The van der Waals surface area contributed by atoms with Gasteiger partial charge in [0, 0.05) is 13.1 Å². The second-order valence-corrected chi connectivity index (χ2v) is 5.51. The van der Waals surface area contributed by atoms with Crippen molar-refractivity contribution < 1.29 is 17.9 Å². The molecule has 1 heterocycles. The molecule has 0 aromatic heterocycles. The van der Waals surface area contributed by atoms with Gasteiger partial charge in [-0.05, 0) is 37.9 Å². The molecule has 0 spiro atoms. The van der Waals surface area contributed by atoms with Crippen molar-refractivity contribution in [2.75, 3.05) is 19.6 Å². The van der Waals surface area contributed by atoms with Crippen molar-refractivity contribution in [1.29, 1.82) is 0 Å². The van der Waals surface area contributed by atoms with Gasteiger partial charge >= 0.3 is 6.18 Å². The van der Waals surface area contributed by atoms with Crippen LogP contribution in [0.1, 0.15) is 38.2 Å². The lowest BCUT2D eigenvalue weighted by Gasteiger charge is -2.32. The number of halogens is 3. The number of likely N-dealkylation sites (tertiary alicyclic amines) is 1. The van der Waals surface area contributed by atoms with Crippen molar-refractivity contribution >= 4 is 0 Å². The minimum atomic E-state index is -4.36. The molecule has 2 nitrogen and oxygen atoms in total. The summed E-state index contributed by atoms with van der Waals surface area (Å²) < 4.78 is 44.4. The number of piperidine rings is 1. The van der Waals surface area contributed by atoms with E-state index in [0.29, 0.717) is 0 Å². The Morgan fingerprint density at radius 2 is 1.86 bits per heavy atom. The molecule has 118 valence electrons. The quantitative estimate of drug-likeness (QED) is 0.801. The van der Waals surface area contributed by atoms with Crippen molar-refractivity contribution in [2.45, 2.75) is 44.9 Å². The summed E-state index contributed by atoms with van der Waals surface area (Å²) in [5.74, 6) is -0.0444. The van der Waals surface area contributed by atoms with Crippen LogP contribution in [0.2, 0.25) is 0 Å². The number of para-hydroxylation sites is 1. The predicted octanol–water partition coefficient (Wildman–Crippen LogP) is 4.35. The maximum atomic E-state index is 12.9. The fraction of sp³-hybridized carbons (Fsp3) is 0.625. The van der Waals surface area contributed by atoms with Crippen LogP contribution < -0.4 is 4.74 Å². The second kappa shape index (κ2) is 7.16. The summed E-state index contributed by atoms with van der Waals surface area (Å²) in [6, 6.07) is 5.46. The Labute approximate surface area is 123 Å². The van der Waals surface area contributed by atoms with Crippen molar-refractivity contribution in [3.63, 3.8) is 0 Å². The summed E-state index contributed by atoms with van der Waals surface area (Å²) in [6.45, 7) is 5.03. The molecule has 1 saturated heterocycles. The van der Waals surface area contributed by atoms with Gasteiger partial charge in [0.2, 0.25) is 0 Å². The summed E-state index contributed by atoms with van der Waals surface area (Å²) in [5.41, 5.74) is -0.682. The van der Waals surface area contributed by atoms with Crippen LogP contribution >= 0.6 is 0 Å². The fourth-order valence-electron chi connectivity index (χ4n) is 2.62. The third kappa shape index (κ3) is 4.63. The van der Waals surface area contributed by atoms with E-state index in [1.807, 2.05) is 0 Å². The molecule has 2 rings (SSSR count). The lowest BCUT2D eigenvalue weighted by molar-refractivity contribution is -0.139. The number of unbranched alkanes of at least 4 members (excludes halogenated alkanes) is 1. The topological polar surface area (TPSA) is 12.5 Å². The van der Waals surface area contributed by atoms with Gasteiger partial charge in [-0.25, -0.2) is 0 Å². The van der Waals surface area contributed by atoms with Crippen LogP contribution in [0.3, 0.4) is 0 Å². The van der Waals surface area contributed by atoms with Crippen molar-refractivity contribution in [2.24, 2.45) is 0 Å². The molecule has 1 aliphatic rings. The maximum Gasteiger partial charge on any atom is 0.419 e. The molecule has 0 saturated carbocycles. The van der Waals surface area contributed by atoms with E-state index in [0.717, 1.165) is 45.0 Å². The van der Waals surface area contributed by atoms with E-state index in [-0.39, 0.29) is 11.9 Å². The molecule has 1 aromatic carbocycles. The summed E-state index contributed by atoms with van der Waals surface area (Å²) >= 11 is 0. The minimum absolute atomic E-state index is 0.0444. The van der Waals surface area contributed by atoms with E-state index in [9.17, 15) is 13.2 Å². The van der Waals surface area contributed by atoms with Crippen LogP contribution in [0.25, 0.3) is 0 Å². The molecular formula is C16H22F3NO. The van der Waals surface area contributed by atoms with Gasteiger partial charge < -0.3 is 9.64 Å². The van der Waals surface area contributed by atoms with Gasteiger partial charge in [0.25, 0.3) is 0 Å². The minimum Gasteiger partial charge on any atom is -0.490 e. The first-order valence-corrected chi connectivity index (χ1v) is 7.56. The first kappa shape index (κ1) is 16.1. The van der Waals surface area contributed by atoms with E-state index < -0.39 is 11.7 Å². The lowest BCUT2D eigenvalue weighted by Crippen LogP contribution is -2.38. The molecule has 0 aliphatic carbocycles. The van der Waals surface area contributed by atoms with E-state index in [1.54, 1.807) is 6.07 Å². The number of alkyl halides is 3. The number of hydrogen-bond donors (Lipinski definition) is 0. The Balaban J connectivity index is 1.92. The Kier molecular flexibility index (Phi) is 5.51. The Hall–Kier alpha value is -1.23. The zero-order valence-corrected chi connectivity index (χ0v) is 12.3. The van der Waals surface area contributed by atoms with E-state index >= 15 is 0 Å². The van der Waals surface area contributed by atoms with Gasteiger partial charge in [-0.1, -0.05) is 25.5 Å². The molecule has 1 aromatic rings. The Morgan fingerprint density at radius 3 is 2.48 bits per heavy atom. The van der Waals surface area contributed by atoms with Gasteiger partial charge in [-0.3, -0.25) is 0 Å². The number of nitrogens with zero attached hydrogens (tertiary/aromatic N) is 1. The zero-order valence-electron chi connectivity index (χ0n) is 12.3. The average Bonchev–Trinajstić information content (AvgIpc) is 2.46. The average molecular weight is 301 g/mol. The van der Waals surface area contributed by atoms with Gasteiger partial charge in [0.1, 0.15) is 11.9 Å². The third-order valence-corrected chi connectivity index (χ3v) is 3.85. The van der Waals surface area contributed by atoms with E-state index in [2.05, 4.69) is 11.8 Å². The largest absolute Gasteiger partial charge is 0.490 e. The van der Waals surface area contributed by atoms with Crippen molar-refractivity contribution in [3.05, 3.63) is 29.8 Å². The predicted molar refractivity (Wildman–Crippen MR) is 76.4 cm³/mol. The van der Waals surface area contributed by atoms with Crippen LogP contribution in [0.5, 0.6) is 5.75 Å². The van der Waals surface area contributed by atoms with Crippen molar-refractivity contribution in [3.8, 4) is 5.75 Å². The molecule has 1 aliphatic heterocycles. The molecular weight excluding hydrogens is 279 g/mol. The highest BCUT2D eigenvalue weighted by Crippen LogP contribution is 2.36. The molecule has 0 unspecified atom stereocenters. The number of ether oxygens (including phenoxy) is 1. The zero-order chi connectivity index (χ0) is 15.3. The number of hydrogen-bond acceptors (Lipinski definition) is 2. The summed E-state index contributed by atoms with van der Waals surface area (Å²) in [6.07, 6.45) is -0.575. The monoisotopic (exact) mass is 301 g/mol. The van der Waals surface area contributed by atoms with E-state index in [1.165, 1.54) is 18.6 Å². The van der Waals surface area contributed by atoms with E-state index in [4.69, 9.17) is 4.74 Å². The number of benzene rings is 1.